The molecule has 4 rings (SSSR count). The molecule has 222 valence electrons. The quantitative estimate of drug-likeness (QED) is 0.0967. The van der Waals surface area contributed by atoms with Gasteiger partial charge in [-0.15, -0.1) is 0 Å². The average molecular weight is 614 g/mol. The standard InChI is InChI=1S/C27H21F6N3O5S/c1-2-40-25(37)21-16-34-36(24(21)26(28,29)30)23-9-5-8-22(35-23)20-7-4-3-6-18(20)13-10-17-11-14-19(15-12-17)41-42(38,39)27(31,32)33/h3-9,11-12,14-16H,2,10,13H2,1H3. The molecule has 15 heteroatoms. The van der Waals surface area contributed by atoms with Gasteiger partial charge in [0.05, 0.1) is 18.5 Å². The number of esters is 1. The lowest BCUT2D eigenvalue weighted by molar-refractivity contribution is -0.143. The predicted octanol–water partition coefficient (Wildman–Crippen LogP) is 6.14. The molecule has 2 aromatic heterocycles. The maximum Gasteiger partial charge on any atom is 0.534 e. The third kappa shape index (κ3) is 6.73. The van der Waals surface area contributed by atoms with Crippen molar-refractivity contribution in [3.05, 3.63) is 95.3 Å². The summed E-state index contributed by atoms with van der Waals surface area (Å²) < 4.78 is 111. The van der Waals surface area contributed by atoms with Gasteiger partial charge in [0.15, 0.2) is 11.5 Å². The molecule has 0 aliphatic heterocycles. The first-order valence-electron chi connectivity index (χ1n) is 12.2. The van der Waals surface area contributed by atoms with Crippen molar-refractivity contribution in [3.8, 4) is 22.8 Å². The number of carbonyl (C=O) groups is 1. The van der Waals surface area contributed by atoms with E-state index >= 15 is 0 Å². The highest BCUT2D eigenvalue weighted by molar-refractivity contribution is 7.88. The zero-order valence-electron chi connectivity index (χ0n) is 21.6. The Morgan fingerprint density at radius 2 is 1.60 bits per heavy atom. The van der Waals surface area contributed by atoms with Crippen LogP contribution in [-0.2, 0) is 33.9 Å². The van der Waals surface area contributed by atoms with Crippen LogP contribution >= 0.6 is 0 Å². The van der Waals surface area contributed by atoms with Gasteiger partial charge in [0, 0.05) is 5.56 Å². The van der Waals surface area contributed by atoms with Crippen LogP contribution in [-0.4, -0.2) is 41.3 Å². The molecule has 0 saturated carbocycles. The molecule has 2 heterocycles. The third-order valence-corrected chi connectivity index (χ3v) is 6.85. The fourth-order valence-corrected chi connectivity index (χ4v) is 4.46. The summed E-state index contributed by atoms with van der Waals surface area (Å²) in [6.07, 6.45) is -3.39. The number of alkyl halides is 6. The molecule has 0 unspecified atom stereocenters. The van der Waals surface area contributed by atoms with Gasteiger partial charge >= 0.3 is 27.8 Å². The molecule has 0 amide bonds. The van der Waals surface area contributed by atoms with Crippen molar-refractivity contribution < 1.29 is 48.5 Å². The van der Waals surface area contributed by atoms with E-state index in [1.807, 2.05) is 0 Å². The van der Waals surface area contributed by atoms with E-state index in [2.05, 4.69) is 14.3 Å². The molecular weight excluding hydrogens is 592 g/mol. The Hall–Kier alpha value is -4.40. The van der Waals surface area contributed by atoms with Crippen LogP contribution in [0.4, 0.5) is 26.3 Å². The Bertz CT molecular complexity index is 1680. The topological polar surface area (TPSA) is 100 Å². The van der Waals surface area contributed by atoms with E-state index in [9.17, 15) is 39.6 Å². The van der Waals surface area contributed by atoms with Gasteiger partial charge in [-0.25, -0.2) is 14.5 Å². The highest BCUT2D eigenvalue weighted by atomic mass is 32.2. The van der Waals surface area contributed by atoms with Crippen LogP contribution in [0.1, 0.15) is 34.1 Å². The molecule has 0 N–H and O–H groups in total. The van der Waals surface area contributed by atoms with E-state index in [0.29, 0.717) is 34.3 Å². The number of halogens is 6. The summed E-state index contributed by atoms with van der Waals surface area (Å²) in [4.78, 5) is 16.5. The van der Waals surface area contributed by atoms with Crippen LogP contribution in [0.2, 0.25) is 0 Å². The Balaban J connectivity index is 1.58. The molecule has 0 aliphatic rings. The van der Waals surface area contributed by atoms with Crippen molar-refractivity contribution in [3.63, 3.8) is 0 Å². The lowest BCUT2D eigenvalue weighted by atomic mass is 9.97. The van der Waals surface area contributed by atoms with Crippen LogP contribution in [0.3, 0.4) is 0 Å². The summed E-state index contributed by atoms with van der Waals surface area (Å²) in [5.74, 6) is -1.85. The largest absolute Gasteiger partial charge is 0.534 e. The van der Waals surface area contributed by atoms with Crippen molar-refractivity contribution in [2.45, 2.75) is 31.5 Å². The van der Waals surface area contributed by atoms with Gasteiger partial charge in [-0.3, -0.25) is 0 Å². The van der Waals surface area contributed by atoms with E-state index in [0.717, 1.165) is 23.9 Å². The molecule has 8 nitrogen and oxygen atoms in total. The Morgan fingerprint density at radius 1 is 0.905 bits per heavy atom. The van der Waals surface area contributed by atoms with Crippen molar-refractivity contribution in [1.29, 1.82) is 0 Å². The number of aryl methyl sites for hydroxylation is 2. The second-order valence-corrected chi connectivity index (χ2v) is 10.2. The predicted molar refractivity (Wildman–Crippen MR) is 137 cm³/mol. The van der Waals surface area contributed by atoms with E-state index in [4.69, 9.17) is 4.74 Å². The maximum atomic E-state index is 14.0. The average Bonchev–Trinajstić information content (AvgIpc) is 3.39. The molecule has 0 saturated heterocycles. The Labute approximate surface area is 235 Å². The van der Waals surface area contributed by atoms with Crippen LogP contribution < -0.4 is 4.18 Å². The SMILES string of the molecule is CCOC(=O)c1cnn(-c2cccc(-c3ccccc3CCc3ccc(OS(=O)(=O)C(F)(F)F)cc3)n2)c1C(F)(F)F. The number of hydrogen-bond donors (Lipinski definition) is 0. The number of hydrogen-bond acceptors (Lipinski definition) is 7. The number of benzene rings is 2. The van der Waals surface area contributed by atoms with Crippen molar-refractivity contribution in [2.24, 2.45) is 0 Å². The Kier molecular flexibility index (Phi) is 8.61. The zero-order chi connectivity index (χ0) is 30.7. The van der Waals surface area contributed by atoms with Gasteiger partial charge in [0.1, 0.15) is 11.3 Å². The number of aromatic nitrogens is 3. The van der Waals surface area contributed by atoms with Gasteiger partial charge in [0.25, 0.3) is 0 Å². The number of carbonyl (C=O) groups excluding carboxylic acids is 1. The minimum Gasteiger partial charge on any atom is -0.462 e. The minimum atomic E-state index is -5.79. The second kappa shape index (κ2) is 11.8. The van der Waals surface area contributed by atoms with Gasteiger partial charge in [-0.2, -0.15) is 39.9 Å². The molecular formula is C27H21F6N3O5S. The second-order valence-electron chi connectivity index (χ2n) is 8.70. The fourth-order valence-electron chi connectivity index (χ4n) is 4.00. The normalized spacial score (nSPS) is 12.3. The monoisotopic (exact) mass is 613 g/mol. The molecule has 4 aromatic rings. The van der Waals surface area contributed by atoms with Crippen molar-refractivity contribution >= 4 is 16.1 Å². The van der Waals surface area contributed by atoms with Gasteiger partial charge in [-0.05, 0) is 55.2 Å². The van der Waals surface area contributed by atoms with Gasteiger partial charge in [0.2, 0.25) is 0 Å². The van der Waals surface area contributed by atoms with Gasteiger partial charge in [-0.1, -0.05) is 42.5 Å². The minimum absolute atomic E-state index is 0.121. The number of ether oxygens (including phenoxy) is 1. The lowest BCUT2D eigenvalue weighted by Gasteiger charge is -2.14. The molecule has 2 aromatic carbocycles. The summed E-state index contributed by atoms with van der Waals surface area (Å²) >= 11 is 0. The number of pyridine rings is 1. The number of nitrogens with zero attached hydrogens (tertiary/aromatic N) is 3. The first-order chi connectivity index (χ1) is 19.7. The first kappa shape index (κ1) is 30.6. The molecule has 0 atom stereocenters. The summed E-state index contributed by atoms with van der Waals surface area (Å²) in [6.45, 7) is 1.34. The van der Waals surface area contributed by atoms with Crippen molar-refractivity contribution in [2.75, 3.05) is 6.61 Å². The highest BCUT2D eigenvalue weighted by Crippen LogP contribution is 2.34. The molecule has 42 heavy (non-hydrogen) atoms. The summed E-state index contributed by atoms with van der Waals surface area (Å²) in [5, 5.41) is 3.76. The van der Waals surface area contributed by atoms with E-state index in [-0.39, 0.29) is 12.4 Å². The molecule has 0 aliphatic carbocycles. The number of rotatable bonds is 9. The maximum absolute atomic E-state index is 14.0. The van der Waals surface area contributed by atoms with E-state index in [1.54, 1.807) is 30.3 Å². The van der Waals surface area contributed by atoms with E-state index in [1.165, 1.54) is 31.2 Å². The van der Waals surface area contributed by atoms with Crippen LogP contribution in [0, 0.1) is 0 Å². The molecule has 0 fully saturated rings. The fraction of sp³-hybridized carbons (Fsp3) is 0.222. The summed E-state index contributed by atoms with van der Waals surface area (Å²) in [6, 6.07) is 16.4. The molecule has 0 spiro atoms. The summed E-state index contributed by atoms with van der Waals surface area (Å²) in [5.41, 5.74) is -5.30. The zero-order valence-corrected chi connectivity index (χ0v) is 22.4. The van der Waals surface area contributed by atoms with Crippen molar-refractivity contribution in [1.82, 2.24) is 14.8 Å². The van der Waals surface area contributed by atoms with Gasteiger partial charge < -0.3 is 8.92 Å². The van der Waals surface area contributed by atoms with E-state index < -0.39 is 44.8 Å². The first-order valence-corrected chi connectivity index (χ1v) is 13.6. The van der Waals surface area contributed by atoms with Crippen LogP contribution in [0.15, 0.2) is 72.9 Å². The molecule has 0 bridgehead atoms. The summed E-state index contributed by atoms with van der Waals surface area (Å²) in [7, 11) is -5.79. The smallest absolute Gasteiger partial charge is 0.462 e. The van der Waals surface area contributed by atoms with Crippen LogP contribution in [0.25, 0.3) is 17.1 Å². The third-order valence-electron chi connectivity index (χ3n) is 5.87. The lowest BCUT2D eigenvalue weighted by Crippen LogP contribution is -2.28. The van der Waals surface area contributed by atoms with Crippen LogP contribution in [0.5, 0.6) is 5.75 Å². The molecule has 0 radical (unpaired) electrons. The Morgan fingerprint density at radius 3 is 2.24 bits per heavy atom. The highest BCUT2D eigenvalue weighted by Gasteiger charge is 2.48.